The molecule has 1 aromatic carbocycles. The monoisotopic (exact) mass is 301 g/mol. The smallest absolute Gasteiger partial charge is 0.244 e. The van der Waals surface area contributed by atoms with Gasteiger partial charge in [-0.2, -0.15) is 4.72 Å². The number of likely N-dealkylation sites (N-methyl/N-ethyl adjacent to an activating group) is 1. The number of hydrogen-bond acceptors (Lipinski definition) is 5. The number of sulfonamides is 1. The van der Waals surface area contributed by atoms with E-state index in [0.29, 0.717) is 5.69 Å². The number of nitrogen functional groups attached to an aromatic ring is 1. The normalized spacial score (nSPS) is 12.8. The number of amides is 1. The number of benzene rings is 1. The van der Waals surface area contributed by atoms with Crippen LogP contribution in [0.4, 0.5) is 5.69 Å². The Bertz CT molecular complexity index is 599. The highest BCUT2D eigenvalue weighted by Crippen LogP contribution is 2.26. The van der Waals surface area contributed by atoms with Crippen LogP contribution < -0.4 is 15.2 Å². The second-order valence-electron chi connectivity index (χ2n) is 4.49. The van der Waals surface area contributed by atoms with Crippen LogP contribution in [0, 0.1) is 0 Å². The minimum Gasteiger partial charge on any atom is -0.495 e. The number of anilines is 1. The largest absolute Gasteiger partial charge is 0.495 e. The van der Waals surface area contributed by atoms with Crippen LogP contribution in [0.3, 0.4) is 0 Å². The van der Waals surface area contributed by atoms with Crippen LogP contribution in [0.25, 0.3) is 0 Å². The molecule has 0 fully saturated rings. The van der Waals surface area contributed by atoms with Crippen molar-refractivity contribution in [3.8, 4) is 5.75 Å². The number of ether oxygens (including phenoxy) is 1. The van der Waals surface area contributed by atoms with Crippen molar-refractivity contribution in [3.05, 3.63) is 18.2 Å². The van der Waals surface area contributed by atoms with Crippen LogP contribution in [0.5, 0.6) is 5.75 Å². The maximum Gasteiger partial charge on any atom is 0.244 e. The molecule has 0 saturated heterocycles. The molecule has 20 heavy (non-hydrogen) atoms. The van der Waals surface area contributed by atoms with Gasteiger partial charge in [0.2, 0.25) is 15.9 Å². The van der Waals surface area contributed by atoms with E-state index >= 15 is 0 Å². The molecule has 1 amide bonds. The quantitative estimate of drug-likeness (QED) is 0.747. The van der Waals surface area contributed by atoms with Gasteiger partial charge in [-0.3, -0.25) is 4.79 Å². The van der Waals surface area contributed by atoms with E-state index in [1.165, 1.54) is 37.1 Å². The van der Waals surface area contributed by atoms with Gasteiger partial charge in [-0.25, -0.2) is 8.42 Å². The van der Waals surface area contributed by atoms with Crippen molar-refractivity contribution in [3.63, 3.8) is 0 Å². The summed E-state index contributed by atoms with van der Waals surface area (Å²) < 4.78 is 31.8. The SMILES string of the molecule is COc1cc(N)ccc1S(=O)(=O)NC(C)C(=O)N(C)C. The number of hydrogen-bond donors (Lipinski definition) is 2. The molecule has 1 unspecified atom stereocenters. The summed E-state index contributed by atoms with van der Waals surface area (Å²) in [5.41, 5.74) is 5.97. The topological polar surface area (TPSA) is 102 Å². The van der Waals surface area contributed by atoms with Gasteiger partial charge in [0.05, 0.1) is 13.2 Å². The molecule has 1 atom stereocenters. The van der Waals surface area contributed by atoms with Gasteiger partial charge in [0.1, 0.15) is 10.6 Å². The van der Waals surface area contributed by atoms with Gasteiger partial charge in [0, 0.05) is 25.8 Å². The summed E-state index contributed by atoms with van der Waals surface area (Å²) in [5.74, 6) is -0.218. The highest BCUT2D eigenvalue weighted by Gasteiger charge is 2.25. The van der Waals surface area contributed by atoms with Gasteiger partial charge in [0.25, 0.3) is 0 Å². The average molecular weight is 301 g/mol. The average Bonchev–Trinajstić information content (AvgIpc) is 2.36. The van der Waals surface area contributed by atoms with Crippen molar-refractivity contribution in [2.75, 3.05) is 26.9 Å². The maximum absolute atomic E-state index is 12.3. The number of nitrogens with zero attached hydrogens (tertiary/aromatic N) is 1. The van der Waals surface area contributed by atoms with E-state index in [4.69, 9.17) is 10.5 Å². The summed E-state index contributed by atoms with van der Waals surface area (Å²) in [4.78, 5) is 13.0. The third-order valence-corrected chi connectivity index (χ3v) is 4.20. The summed E-state index contributed by atoms with van der Waals surface area (Å²) in [7, 11) is 0.579. The lowest BCUT2D eigenvalue weighted by molar-refractivity contribution is -0.130. The molecule has 0 aromatic heterocycles. The van der Waals surface area contributed by atoms with E-state index in [1.54, 1.807) is 14.1 Å². The maximum atomic E-state index is 12.3. The third-order valence-electron chi connectivity index (χ3n) is 2.62. The molecule has 1 aromatic rings. The Balaban J connectivity index is 3.09. The number of rotatable bonds is 5. The zero-order chi connectivity index (χ0) is 15.5. The summed E-state index contributed by atoms with van der Waals surface area (Å²) >= 11 is 0. The fourth-order valence-electron chi connectivity index (χ4n) is 1.64. The standard InChI is InChI=1S/C12H19N3O4S/c1-8(12(16)15(2)3)14-20(17,18)11-6-5-9(13)7-10(11)19-4/h5-8,14H,13H2,1-4H3. The Morgan fingerprint density at radius 3 is 2.50 bits per heavy atom. The lowest BCUT2D eigenvalue weighted by Crippen LogP contribution is -2.44. The van der Waals surface area contributed by atoms with Crippen molar-refractivity contribution in [2.24, 2.45) is 0 Å². The van der Waals surface area contributed by atoms with Gasteiger partial charge in [-0.1, -0.05) is 0 Å². The zero-order valence-corrected chi connectivity index (χ0v) is 12.7. The molecule has 0 aliphatic rings. The van der Waals surface area contributed by atoms with Crippen molar-refractivity contribution in [1.29, 1.82) is 0 Å². The first-order chi connectivity index (χ1) is 9.19. The Morgan fingerprint density at radius 2 is 2.00 bits per heavy atom. The number of nitrogens with two attached hydrogens (primary N) is 1. The molecule has 0 heterocycles. The molecule has 0 spiro atoms. The third kappa shape index (κ3) is 3.61. The zero-order valence-electron chi connectivity index (χ0n) is 11.9. The van der Waals surface area contributed by atoms with Gasteiger partial charge in [-0.05, 0) is 19.1 Å². The van der Waals surface area contributed by atoms with Gasteiger partial charge in [-0.15, -0.1) is 0 Å². The molecule has 1 rings (SSSR count). The van der Waals surface area contributed by atoms with Crippen LogP contribution in [0.15, 0.2) is 23.1 Å². The Morgan fingerprint density at radius 1 is 1.40 bits per heavy atom. The van der Waals surface area contributed by atoms with E-state index in [1.807, 2.05) is 0 Å². The molecule has 0 bridgehead atoms. The van der Waals surface area contributed by atoms with Crippen LogP contribution in [0.2, 0.25) is 0 Å². The summed E-state index contributed by atoms with van der Waals surface area (Å²) in [6.07, 6.45) is 0. The van der Waals surface area contributed by atoms with Crippen molar-refractivity contribution in [1.82, 2.24) is 9.62 Å². The van der Waals surface area contributed by atoms with Crippen LogP contribution in [-0.2, 0) is 14.8 Å². The van der Waals surface area contributed by atoms with Crippen molar-refractivity contribution < 1.29 is 17.9 Å². The first-order valence-corrected chi connectivity index (χ1v) is 7.34. The molecule has 0 radical (unpaired) electrons. The minimum absolute atomic E-state index is 0.0624. The summed E-state index contributed by atoms with van der Waals surface area (Å²) in [6, 6.07) is 3.32. The Labute approximate surface area is 118 Å². The summed E-state index contributed by atoms with van der Waals surface area (Å²) in [6.45, 7) is 1.48. The number of nitrogens with one attached hydrogen (secondary N) is 1. The lowest BCUT2D eigenvalue weighted by atomic mass is 10.3. The molecule has 7 nitrogen and oxygen atoms in total. The second kappa shape index (κ2) is 6.10. The Hall–Kier alpha value is -1.80. The predicted octanol–water partition coefficient (Wildman–Crippen LogP) is 0.0324. The highest BCUT2D eigenvalue weighted by atomic mass is 32.2. The number of carbonyl (C=O) groups excluding carboxylic acids is 1. The fraction of sp³-hybridized carbons (Fsp3) is 0.417. The second-order valence-corrected chi connectivity index (χ2v) is 6.17. The molecule has 0 saturated carbocycles. The van der Waals surface area contributed by atoms with Crippen LogP contribution in [-0.4, -0.2) is 46.5 Å². The Kier molecular flexibility index (Phi) is 4.96. The van der Waals surface area contributed by atoms with E-state index in [-0.39, 0.29) is 16.6 Å². The van der Waals surface area contributed by atoms with E-state index in [2.05, 4.69) is 4.72 Å². The minimum atomic E-state index is -3.88. The van der Waals surface area contributed by atoms with E-state index < -0.39 is 16.1 Å². The number of methoxy groups -OCH3 is 1. The van der Waals surface area contributed by atoms with Crippen LogP contribution >= 0.6 is 0 Å². The molecule has 0 aliphatic carbocycles. The molecule has 8 heteroatoms. The predicted molar refractivity (Wildman–Crippen MR) is 75.9 cm³/mol. The number of carbonyl (C=O) groups is 1. The molecular formula is C12H19N3O4S. The first kappa shape index (κ1) is 16.3. The van der Waals surface area contributed by atoms with Crippen molar-refractivity contribution in [2.45, 2.75) is 17.9 Å². The molecule has 0 aliphatic heterocycles. The molecule has 112 valence electrons. The van der Waals surface area contributed by atoms with Crippen LogP contribution in [0.1, 0.15) is 6.92 Å². The first-order valence-electron chi connectivity index (χ1n) is 5.86. The van der Waals surface area contributed by atoms with E-state index in [0.717, 1.165) is 0 Å². The van der Waals surface area contributed by atoms with Gasteiger partial charge >= 0.3 is 0 Å². The lowest BCUT2D eigenvalue weighted by Gasteiger charge is -2.19. The van der Waals surface area contributed by atoms with Crippen molar-refractivity contribution >= 4 is 21.6 Å². The van der Waals surface area contributed by atoms with Gasteiger partial charge in [0.15, 0.2) is 0 Å². The molecule has 3 N–H and O–H groups in total. The summed E-state index contributed by atoms with van der Waals surface area (Å²) in [5, 5.41) is 0. The van der Waals surface area contributed by atoms with E-state index in [9.17, 15) is 13.2 Å². The molecular weight excluding hydrogens is 282 g/mol. The highest BCUT2D eigenvalue weighted by molar-refractivity contribution is 7.89. The van der Waals surface area contributed by atoms with Gasteiger partial charge < -0.3 is 15.4 Å². The fourth-order valence-corrected chi connectivity index (χ4v) is 2.99.